The fraction of sp³-hybridized carbons (Fsp3) is 0.167. The predicted octanol–water partition coefficient (Wildman–Crippen LogP) is 2.44. The van der Waals surface area contributed by atoms with Crippen LogP contribution >= 0.6 is 0 Å². The number of amides is 2. The molecular weight excluding hydrogens is 308 g/mol. The largest absolute Gasteiger partial charge is 0.478 e. The number of carboxylic acid groups (broad SMARTS) is 1. The molecule has 6 heteroatoms. The molecule has 1 saturated heterocycles. The van der Waals surface area contributed by atoms with Crippen molar-refractivity contribution in [1.29, 1.82) is 0 Å². The zero-order valence-corrected chi connectivity index (χ0v) is 13.0. The molecule has 0 aromatic heterocycles. The van der Waals surface area contributed by atoms with E-state index in [0.29, 0.717) is 11.3 Å². The molecule has 0 bridgehead atoms. The Bertz CT molecular complexity index is 817. The lowest BCUT2D eigenvalue weighted by molar-refractivity contribution is -0.121. The number of benzene rings is 2. The summed E-state index contributed by atoms with van der Waals surface area (Å²) in [6.45, 7) is 1.74. The van der Waals surface area contributed by atoms with E-state index in [1.165, 1.54) is 12.1 Å². The molecule has 0 aliphatic carbocycles. The van der Waals surface area contributed by atoms with Crippen LogP contribution in [0.5, 0.6) is 0 Å². The Hall–Kier alpha value is -3.15. The summed E-state index contributed by atoms with van der Waals surface area (Å²) in [7, 11) is 0. The molecule has 1 unspecified atom stereocenters. The number of aromatic carboxylic acids is 1. The second kappa shape index (κ2) is 6.16. The smallest absolute Gasteiger partial charge is 0.335 e. The minimum Gasteiger partial charge on any atom is -0.478 e. The highest BCUT2D eigenvalue weighted by molar-refractivity contribution is 6.23. The minimum atomic E-state index is -1.10. The van der Waals surface area contributed by atoms with Crippen molar-refractivity contribution in [3.63, 3.8) is 0 Å². The first-order valence-electron chi connectivity index (χ1n) is 7.49. The molecular formula is C18H16N2O4. The Morgan fingerprint density at radius 2 is 1.88 bits per heavy atom. The summed E-state index contributed by atoms with van der Waals surface area (Å²) in [5.41, 5.74) is 1.78. The maximum Gasteiger partial charge on any atom is 0.335 e. The summed E-state index contributed by atoms with van der Waals surface area (Å²) in [6, 6.07) is 12.9. The van der Waals surface area contributed by atoms with Crippen LogP contribution in [0, 0.1) is 6.92 Å². The highest BCUT2D eigenvalue weighted by Crippen LogP contribution is 2.28. The minimum absolute atomic E-state index is 0.0322. The highest BCUT2D eigenvalue weighted by Gasteiger charge is 2.40. The summed E-state index contributed by atoms with van der Waals surface area (Å²) < 4.78 is 0. The average Bonchev–Trinajstić information content (AvgIpc) is 2.83. The van der Waals surface area contributed by atoms with E-state index in [2.05, 4.69) is 5.32 Å². The number of imide groups is 1. The van der Waals surface area contributed by atoms with Crippen LogP contribution in [-0.4, -0.2) is 28.9 Å². The van der Waals surface area contributed by atoms with Crippen LogP contribution in [0.3, 0.4) is 0 Å². The number of rotatable bonds is 4. The number of aryl methyl sites for hydroxylation is 1. The lowest BCUT2D eigenvalue weighted by Crippen LogP contribution is -2.35. The van der Waals surface area contributed by atoms with E-state index in [1.807, 2.05) is 30.3 Å². The molecule has 1 aliphatic rings. The zero-order chi connectivity index (χ0) is 17.3. The number of nitrogens with one attached hydrogen (secondary N) is 1. The van der Waals surface area contributed by atoms with Crippen molar-refractivity contribution in [2.45, 2.75) is 19.4 Å². The van der Waals surface area contributed by atoms with E-state index in [9.17, 15) is 14.4 Å². The van der Waals surface area contributed by atoms with Crippen LogP contribution < -0.4 is 10.2 Å². The van der Waals surface area contributed by atoms with E-state index >= 15 is 0 Å². The normalized spacial score (nSPS) is 17.2. The van der Waals surface area contributed by atoms with Gasteiger partial charge < -0.3 is 10.4 Å². The Kier molecular flexibility index (Phi) is 4.04. The van der Waals surface area contributed by atoms with Gasteiger partial charge in [-0.3, -0.25) is 9.59 Å². The fourth-order valence-electron chi connectivity index (χ4n) is 2.72. The fourth-order valence-corrected chi connectivity index (χ4v) is 2.72. The third kappa shape index (κ3) is 2.86. The third-order valence-corrected chi connectivity index (χ3v) is 3.96. The van der Waals surface area contributed by atoms with Crippen LogP contribution in [0.1, 0.15) is 22.3 Å². The molecule has 2 aromatic rings. The van der Waals surface area contributed by atoms with Gasteiger partial charge in [0.05, 0.1) is 17.7 Å². The molecule has 0 spiro atoms. The summed E-state index contributed by atoms with van der Waals surface area (Å²) >= 11 is 0. The first kappa shape index (κ1) is 15.7. The number of anilines is 2. The monoisotopic (exact) mass is 324 g/mol. The average molecular weight is 324 g/mol. The first-order valence-corrected chi connectivity index (χ1v) is 7.49. The van der Waals surface area contributed by atoms with Gasteiger partial charge in [-0.1, -0.05) is 24.3 Å². The molecule has 2 N–H and O–H groups in total. The summed E-state index contributed by atoms with van der Waals surface area (Å²) in [4.78, 5) is 37.2. The summed E-state index contributed by atoms with van der Waals surface area (Å²) in [5, 5.41) is 12.2. The molecule has 6 nitrogen and oxygen atoms in total. The van der Waals surface area contributed by atoms with Gasteiger partial charge in [0.1, 0.15) is 6.04 Å². The summed E-state index contributed by atoms with van der Waals surface area (Å²) in [5.74, 6) is -1.83. The highest BCUT2D eigenvalue weighted by atomic mass is 16.4. The van der Waals surface area contributed by atoms with Gasteiger partial charge in [0.2, 0.25) is 5.91 Å². The number of hydrogen-bond donors (Lipinski definition) is 2. The molecule has 24 heavy (non-hydrogen) atoms. The van der Waals surface area contributed by atoms with Crippen LogP contribution in [0.2, 0.25) is 0 Å². The standard InChI is InChI=1S/C18H16N2O4/c1-11-7-8-12(18(23)24)9-15(11)20-16(21)10-14(17(20)22)19-13-5-3-2-4-6-13/h2-9,14,19H,10H2,1H3,(H,23,24). The third-order valence-electron chi connectivity index (χ3n) is 3.96. The molecule has 1 fully saturated rings. The summed E-state index contributed by atoms with van der Waals surface area (Å²) in [6.07, 6.45) is 0.0322. The quantitative estimate of drug-likeness (QED) is 0.844. The van der Waals surface area contributed by atoms with Crippen molar-refractivity contribution in [1.82, 2.24) is 0 Å². The number of carboxylic acids is 1. The maximum atomic E-state index is 12.6. The molecule has 0 saturated carbocycles. The van der Waals surface area contributed by atoms with Gasteiger partial charge >= 0.3 is 5.97 Å². The lowest BCUT2D eigenvalue weighted by Gasteiger charge is -2.18. The van der Waals surface area contributed by atoms with Crippen LogP contribution in [0.25, 0.3) is 0 Å². The van der Waals surface area contributed by atoms with Crippen molar-refractivity contribution in [3.8, 4) is 0 Å². The van der Waals surface area contributed by atoms with Crippen LogP contribution in [0.15, 0.2) is 48.5 Å². The number of carbonyl (C=O) groups is 3. The van der Waals surface area contributed by atoms with Gasteiger partial charge in [-0.05, 0) is 36.8 Å². The molecule has 0 radical (unpaired) electrons. The molecule has 122 valence electrons. The Labute approximate surface area is 138 Å². The molecule has 2 aromatic carbocycles. The van der Waals surface area contributed by atoms with E-state index < -0.39 is 12.0 Å². The van der Waals surface area contributed by atoms with E-state index in [-0.39, 0.29) is 23.8 Å². The Morgan fingerprint density at radius 3 is 2.54 bits per heavy atom. The molecule has 1 heterocycles. The van der Waals surface area contributed by atoms with E-state index in [0.717, 1.165) is 10.6 Å². The van der Waals surface area contributed by atoms with Crippen molar-refractivity contribution in [2.24, 2.45) is 0 Å². The number of para-hydroxylation sites is 1. The van der Waals surface area contributed by atoms with Gasteiger partial charge in [0, 0.05) is 5.69 Å². The van der Waals surface area contributed by atoms with Gasteiger partial charge in [-0.15, -0.1) is 0 Å². The predicted molar refractivity (Wildman–Crippen MR) is 89.1 cm³/mol. The Balaban J connectivity index is 1.90. The van der Waals surface area contributed by atoms with Gasteiger partial charge in [-0.25, -0.2) is 9.69 Å². The van der Waals surface area contributed by atoms with Gasteiger partial charge in [0.15, 0.2) is 0 Å². The van der Waals surface area contributed by atoms with Crippen molar-refractivity contribution in [2.75, 3.05) is 10.2 Å². The molecule has 1 atom stereocenters. The molecule has 2 amide bonds. The first-order chi connectivity index (χ1) is 11.5. The topological polar surface area (TPSA) is 86.7 Å². The van der Waals surface area contributed by atoms with Crippen molar-refractivity contribution in [3.05, 3.63) is 59.7 Å². The van der Waals surface area contributed by atoms with Crippen molar-refractivity contribution < 1.29 is 19.5 Å². The van der Waals surface area contributed by atoms with Gasteiger partial charge in [-0.2, -0.15) is 0 Å². The second-order valence-electron chi connectivity index (χ2n) is 5.64. The second-order valence-corrected chi connectivity index (χ2v) is 5.64. The molecule has 1 aliphatic heterocycles. The Morgan fingerprint density at radius 1 is 1.17 bits per heavy atom. The SMILES string of the molecule is Cc1ccc(C(=O)O)cc1N1C(=O)CC(Nc2ccccc2)C1=O. The zero-order valence-electron chi connectivity index (χ0n) is 13.0. The maximum absolute atomic E-state index is 12.6. The van der Waals surface area contributed by atoms with E-state index in [4.69, 9.17) is 5.11 Å². The van der Waals surface area contributed by atoms with E-state index in [1.54, 1.807) is 13.0 Å². The van der Waals surface area contributed by atoms with Crippen LogP contribution in [0.4, 0.5) is 11.4 Å². The molecule has 3 rings (SSSR count). The van der Waals surface area contributed by atoms with Crippen molar-refractivity contribution >= 4 is 29.2 Å². The number of carbonyl (C=O) groups excluding carboxylic acids is 2. The lowest BCUT2D eigenvalue weighted by atomic mass is 10.1. The van der Waals surface area contributed by atoms with Gasteiger partial charge in [0.25, 0.3) is 5.91 Å². The number of hydrogen-bond acceptors (Lipinski definition) is 4. The number of nitrogens with zero attached hydrogens (tertiary/aromatic N) is 1. The van der Waals surface area contributed by atoms with Crippen LogP contribution in [-0.2, 0) is 9.59 Å².